The van der Waals surface area contributed by atoms with E-state index in [9.17, 15) is 17.6 Å². The molecule has 1 rings (SSSR count). The standard InChI is InChI=1S/C8H6F4S/c1-13-5-3-2-4(8(11)12)6(9)7(5)10/h2-3,8H,1H3. The van der Waals surface area contributed by atoms with Crippen LogP contribution in [0.1, 0.15) is 12.0 Å². The van der Waals surface area contributed by atoms with Gasteiger partial charge in [0.1, 0.15) is 0 Å². The van der Waals surface area contributed by atoms with Gasteiger partial charge in [-0.15, -0.1) is 11.8 Å². The molecule has 0 amide bonds. The van der Waals surface area contributed by atoms with Crippen LogP contribution in [0.3, 0.4) is 0 Å². The van der Waals surface area contributed by atoms with E-state index in [4.69, 9.17) is 0 Å². The van der Waals surface area contributed by atoms with Gasteiger partial charge in [-0.2, -0.15) is 0 Å². The van der Waals surface area contributed by atoms with Crippen LogP contribution < -0.4 is 0 Å². The molecule has 0 N–H and O–H groups in total. The van der Waals surface area contributed by atoms with E-state index in [0.717, 1.165) is 23.9 Å². The summed E-state index contributed by atoms with van der Waals surface area (Å²) in [6.45, 7) is 0. The fourth-order valence-electron chi connectivity index (χ4n) is 0.873. The van der Waals surface area contributed by atoms with Crippen LogP contribution in [0.2, 0.25) is 0 Å². The molecule has 0 saturated heterocycles. The smallest absolute Gasteiger partial charge is 0.205 e. The van der Waals surface area contributed by atoms with Crippen molar-refractivity contribution in [3.8, 4) is 0 Å². The monoisotopic (exact) mass is 210 g/mol. The average molecular weight is 210 g/mol. The molecular weight excluding hydrogens is 204 g/mol. The Balaban J connectivity index is 3.23. The fraction of sp³-hybridized carbons (Fsp3) is 0.250. The minimum absolute atomic E-state index is 0.0295. The van der Waals surface area contributed by atoms with Gasteiger partial charge in [-0.25, -0.2) is 17.6 Å². The lowest BCUT2D eigenvalue weighted by molar-refractivity contribution is 0.145. The molecule has 0 aliphatic rings. The lowest BCUT2D eigenvalue weighted by Crippen LogP contribution is -1.96. The van der Waals surface area contributed by atoms with Crippen LogP contribution in [0.4, 0.5) is 17.6 Å². The minimum atomic E-state index is -2.98. The van der Waals surface area contributed by atoms with E-state index >= 15 is 0 Å². The summed E-state index contributed by atoms with van der Waals surface area (Å²) >= 11 is 0.970. The molecule has 0 fully saturated rings. The van der Waals surface area contributed by atoms with Crippen molar-refractivity contribution in [1.82, 2.24) is 0 Å². The van der Waals surface area contributed by atoms with Crippen molar-refractivity contribution in [2.75, 3.05) is 6.26 Å². The van der Waals surface area contributed by atoms with Gasteiger partial charge in [0.15, 0.2) is 11.6 Å². The Labute approximate surface area is 76.9 Å². The lowest BCUT2D eigenvalue weighted by atomic mass is 10.2. The molecule has 72 valence electrons. The van der Waals surface area contributed by atoms with Gasteiger partial charge in [-0.1, -0.05) is 0 Å². The lowest BCUT2D eigenvalue weighted by Gasteiger charge is -2.05. The van der Waals surface area contributed by atoms with Gasteiger partial charge in [0, 0.05) is 4.90 Å². The molecule has 0 aliphatic carbocycles. The van der Waals surface area contributed by atoms with Crippen LogP contribution in [-0.2, 0) is 0 Å². The summed E-state index contributed by atoms with van der Waals surface area (Å²) in [5, 5.41) is 0. The Morgan fingerprint density at radius 3 is 2.23 bits per heavy atom. The molecular formula is C8H6F4S. The zero-order valence-electron chi connectivity index (χ0n) is 6.65. The van der Waals surface area contributed by atoms with Crippen LogP contribution in [0, 0.1) is 11.6 Å². The van der Waals surface area contributed by atoms with Crippen molar-refractivity contribution in [2.24, 2.45) is 0 Å². The Hall–Kier alpha value is -0.710. The number of rotatable bonds is 2. The number of hydrogen-bond donors (Lipinski definition) is 0. The summed E-state index contributed by atoms with van der Waals surface area (Å²) in [7, 11) is 0. The van der Waals surface area contributed by atoms with Gasteiger partial charge >= 0.3 is 0 Å². The van der Waals surface area contributed by atoms with E-state index < -0.39 is 23.6 Å². The first-order valence-electron chi connectivity index (χ1n) is 3.38. The number of benzene rings is 1. The van der Waals surface area contributed by atoms with Gasteiger partial charge in [0.25, 0.3) is 6.43 Å². The highest BCUT2D eigenvalue weighted by atomic mass is 32.2. The highest BCUT2D eigenvalue weighted by Gasteiger charge is 2.18. The van der Waals surface area contributed by atoms with E-state index in [1.807, 2.05) is 0 Å². The van der Waals surface area contributed by atoms with E-state index in [2.05, 4.69) is 0 Å². The van der Waals surface area contributed by atoms with Crippen LogP contribution in [0.25, 0.3) is 0 Å². The third kappa shape index (κ3) is 1.96. The van der Waals surface area contributed by atoms with Crippen LogP contribution in [0.15, 0.2) is 17.0 Å². The average Bonchev–Trinajstić information content (AvgIpc) is 2.09. The number of hydrogen-bond acceptors (Lipinski definition) is 1. The predicted molar refractivity (Wildman–Crippen MR) is 43.1 cm³/mol. The molecule has 0 spiro atoms. The summed E-state index contributed by atoms with van der Waals surface area (Å²) in [6, 6.07) is 2.04. The normalized spacial score (nSPS) is 10.9. The fourth-order valence-corrected chi connectivity index (χ4v) is 1.35. The minimum Gasteiger partial charge on any atom is -0.205 e. The Bertz CT molecular complexity index is 311. The Morgan fingerprint density at radius 2 is 1.77 bits per heavy atom. The Kier molecular flexibility index (Phi) is 3.19. The molecule has 0 saturated carbocycles. The molecule has 0 nitrogen and oxygen atoms in total. The van der Waals surface area contributed by atoms with E-state index in [1.165, 1.54) is 0 Å². The van der Waals surface area contributed by atoms with E-state index in [0.29, 0.717) is 0 Å². The van der Waals surface area contributed by atoms with Gasteiger partial charge in [-0.3, -0.25) is 0 Å². The van der Waals surface area contributed by atoms with Crippen molar-refractivity contribution in [3.05, 3.63) is 29.3 Å². The number of halogens is 4. The van der Waals surface area contributed by atoms with Crippen molar-refractivity contribution >= 4 is 11.8 Å². The summed E-state index contributed by atoms with van der Waals surface area (Å²) < 4.78 is 49.8. The van der Waals surface area contributed by atoms with Gasteiger partial charge < -0.3 is 0 Å². The summed E-state index contributed by atoms with van der Waals surface area (Å²) in [5.74, 6) is -2.66. The van der Waals surface area contributed by atoms with Gasteiger partial charge in [0.05, 0.1) is 5.56 Å². The zero-order valence-corrected chi connectivity index (χ0v) is 7.47. The second kappa shape index (κ2) is 4.00. The number of alkyl halides is 2. The van der Waals surface area contributed by atoms with Crippen molar-refractivity contribution in [2.45, 2.75) is 11.3 Å². The molecule has 0 heterocycles. The predicted octanol–water partition coefficient (Wildman–Crippen LogP) is 3.62. The first kappa shape index (κ1) is 10.4. The first-order chi connectivity index (χ1) is 6.07. The third-order valence-corrected chi connectivity index (χ3v) is 2.29. The molecule has 1 aromatic rings. The quantitative estimate of drug-likeness (QED) is 0.530. The van der Waals surface area contributed by atoms with Crippen molar-refractivity contribution in [1.29, 1.82) is 0 Å². The molecule has 13 heavy (non-hydrogen) atoms. The number of thioether (sulfide) groups is 1. The highest BCUT2D eigenvalue weighted by molar-refractivity contribution is 7.98. The van der Waals surface area contributed by atoms with E-state index in [1.54, 1.807) is 6.26 Å². The molecule has 0 bridgehead atoms. The highest BCUT2D eigenvalue weighted by Crippen LogP contribution is 2.28. The topological polar surface area (TPSA) is 0 Å². The Morgan fingerprint density at radius 1 is 1.15 bits per heavy atom. The summed E-state index contributed by atoms with van der Waals surface area (Å²) in [4.78, 5) is 0.0295. The molecule has 0 aliphatic heterocycles. The second-order valence-electron chi connectivity index (χ2n) is 2.29. The molecule has 0 radical (unpaired) electrons. The second-order valence-corrected chi connectivity index (χ2v) is 3.13. The van der Waals surface area contributed by atoms with Crippen LogP contribution in [-0.4, -0.2) is 6.26 Å². The molecule has 0 unspecified atom stereocenters. The molecule has 0 aromatic heterocycles. The van der Waals surface area contributed by atoms with Crippen LogP contribution in [0.5, 0.6) is 0 Å². The molecule has 5 heteroatoms. The summed E-state index contributed by atoms with van der Waals surface area (Å²) in [6.07, 6.45) is -1.44. The SMILES string of the molecule is CSc1ccc(C(F)F)c(F)c1F. The van der Waals surface area contributed by atoms with Crippen molar-refractivity contribution < 1.29 is 17.6 Å². The maximum atomic E-state index is 12.9. The van der Waals surface area contributed by atoms with E-state index in [-0.39, 0.29) is 4.90 Å². The first-order valence-corrected chi connectivity index (χ1v) is 4.60. The van der Waals surface area contributed by atoms with Crippen molar-refractivity contribution in [3.63, 3.8) is 0 Å². The zero-order chi connectivity index (χ0) is 10.0. The summed E-state index contributed by atoms with van der Waals surface area (Å²) in [5.41, 5.74) is -0.893. The maximum absolute atomic E-state index is 12.9. The van der Waals surface area contributed by atoms with Gasteiger partial charge in [0.2, 0.25) is 0 Å². The molecule has 0 atom stereocenters. The largest absolute Gasteiger partial charge is 0.266 e. The third-order valence-electron chi connectivity index (χ3n) is 1.53. The van der Waals surface area contributed by atoms with Gasteiger partial charge in [-0.05, 0) is 18.4 Å². The maximum Gasteiger partial charge on any atom is 0.266 e. The van der Waals surface area contributed by atoms with Crippen LogP contribution >= 0.6 is 11.8 Å². The molecule has 1 aromatic carbocycles.